The molecule has 1 aliphatic carbocycles. The van der Waals surface area contributed by atoms with Gasteiger partial charge in [0.1, 0.15) is 17.3 Å². The van der Waals surface area contributed by atoms with E-state index in [4.69, 9.17) is 13.9 Å². The Kier molecular flexibility index (Phi) is 5.54. The highest BCUT2D eigenvalue weighted by molar-refractivity contribution is 6.06. The maximum Gasteiger partial charge on any atom is 0.427 e. The van der Waals surface area contributed by atoms with E-state index in [0.29, 0.717) is 35.4 Å². The summed E-state index contributed by atoms with van der Waals surface area (Å²) in [5.74, 6) is -0.196. The van der Waals surface area contributed by atoms with Gasteiger partial charge in [0, 0.05) is 17.5 Å². The van der Waals surface area contributed by atoms with E-state index in [0.717, 1.165) is 6.42 Å². The van der Waals surface area contributed by atoms with Crippen molar-refractivity contribution >= 4 is 17.8 Å². The molecule has 2 aromatic rings. The van der Waals surface area contributed by atoms with Gasteiger partial charge in [0.15, 0.2) is 0 Å². The standard InChI is InChI=1S/C19H19FN2O5/c1-3-25-19(24)22-21-14-5-4-6-15-16(14)11(2)17(27-15)18(23)26-13-9-7-12(20)8-10-13/h7-10H,3-6H2,1-2H3,(H,22,24)/b21-14+. The zero-order valence-corrected chi connectivity index (χ0v) is 15.0. The van der Waals surface area contributed by atoms with Crippen molar-refractivity contribution in [1.82, 2.24) is 5.43 Å². The summed E-state index contributed by atoms with van der Waals surface area (Å²) in [7, 11) is 0. The van der Waals surface area contributed by atoms with Crippen molar-refractivity contribution in [2.45, 2.75) is 33.1 Å². The minimum absolute atomic E-state index is 0.0649. The molecule has 8 heteroatoms. The molecule has 0 spiro atoms. The molecule has 1 heterocycles. The van der Waals surface area contributed by atoms with Crippen LogP contribution in [0, 0.1) is 12.7 Å². The molecule has 0 aliphatic heterocycles. The average Bonchev–Trinajstić information content (AvgIpc) is 3.00. The number of nitrogens with one attached hydrogen (secondary N) is 1. The molecule has 142 valence electrons. The first kappa shape index (κ1) is 18.6. The van der Waals surface area contributed by atoms with Gasteiger partial charge in [0.05, 0.1) is 12.3 Å². The SMILES string of the molecule is CCOC(=O)N/N=C1\CCCc2oc(C(=O)Oc3ccc(F)cc3)c(C)c21. The zero-order chi connectivity index (χ0) is 19.4. The lowest BCUT2D eigenvalue weighted by atomic mass is 9.93. The molecule has 27 heavy (non-hydrogen) atoms. The molecule has 0 saturated heterocycles. The molecule has 3 rings (SSSR count). The van der Waals surface area contributed by atoms with Crippen molar-refractivity contribution in [1.29, 1.82) is 0 Å². The molecular weight excluding hydrogens is 355 g/mol. The Labute approximate surface area is 155 Å². The summed E-state index contributed by atoms with van der Waals surface area (Å²) < 4.78 is 28.7. The van der Waals surface area contributed by atoms with Gasteiger partial charge in [-0.3, -0.25) is 0 Å². The highest BCUT2D eigenvalue weighted by atomic mass is 19.1. The van der Waals surface area contributed by atoms with E-state index in [2.05, 4.69) is 10.5 Å². The van der Waals surface area contributed by atoms with Crippen LogP contribution in [-0.2, 0) is 11.2 Å². The number of amides is 1. The molecule has 1 aromatic heterocycles. The predicted octanol–water partition coefficient (Wildman–Crippen LogP) is 3.73. The Morgan fingerprint density at radius 1 is 1.26 bits per heavy atom. The van der Waals surface area contributed by atoms with E-state index in [1.54, 1.807) is 13.8 Å². The monoisotopic (exact) mass is 374 g/mol. The first-order chi connectivity index (χ1) is 13.0. The fourth-order valence-electron chi connectivity index (χ4n) is 2.91. The van der Waals surface area contributed by atoms with E-state index in [1.165, 1.54) is 24.3 Å². The van der Waals surface area contributed by atoms with Crippen molar-refractivity contribution in [3.63, 3.8) is 0 Å². The van der Waals surface area contributed by atoms with Crippen molar-refractivity contribution in [2.24, 2.45) is 5.10 Å². The maximum atomic E-state index is 13.0. The van der Waals surface area contributed by atoms with Crippen LogP contribution in [0.2, 0.25) is 0 Å². The van der Waals surface area contributed by atoms with Crippen LogP contribution in [0.1, 0.15) is 47.2 Å². The van der Waals surface area contributed by atoms with Crippen LogP contribution in [0.5, 0.6) is 5.75 Å². The highest BCUT2D eigenvalue weighted by Gasteiger charge is 2.29. The smallest absolute Gasteiger partial charge is 0.427 e. The van der Waals surface area contributed by atoms with Gasteiger partial charge in [0.2, 0.25) is 5.76 Å². The van der Waals surface area contributed by atoms with Crippen LogP contribution in [0.3, 0.4) is 0 Å². The highest BCUT2D eigenvalue weighted by Crippen LogP contribution is 2.30. The fraction of sp³-hybridized carbons (Fsp3) is 0.316. The zero-order valence-electron chi connectivity index (χ0n) is 15.0. The van der Waals surface area contributed by atoms with E-state index in [9.17, 15) is 14.0 Å². The maximum absolute atomic E-state index is 13.0. The van der Waals surface area contributed by atoms with Gasteiger partial charge < -0.3 is 13.9 Å². The number of carbonyl (C=O) groups excluding carboxylic acids is 2. The van der Waals surface area contributed by atoms with Gasteiger partial charge in [-0.25, -0.2) is 19.4 Å². The van der Waals surface area contributed by atoms with Gasteiger partial charge >= 0.3 is 12.1 Å². The van der Waals surface area contributed by atoms with Crippen LogP contribution in [0.15, 0.2) is 33.8 Å². The molecule has 0 bridgehead atoms. The number of fused-ring (bicyclic) bond motifs is 1. The molecule has 1 N–H and O–H groups in total. The number of nitrogens with zero attached hydrogens (tertiary/aromatic N) is 1. The predicted molar refractivity (Wildman–Crippen MR) is 94.4 cm³/mol. The van der Waals surface area contributed by atoms with E-state index in [1.807, 2.05) is 0 Å². The third-order valence-corrected chi connectivity index (χ3v) is 4.09. The lowest BCUT2D eigenvalue weighted by molar-refractivity contribution is 0.0698. The molecule has 7 nitrogen and oxygen atoms in total. The topological polar surface area (TPSA) is 90.1 Å². The van der Waals surface area contributed by atoms with Crippen LogP contribution in [0.25, 0.3) is 0 Å². The molecule has 1 aliphatic rings. The van der Waals surface area contributed by atoms with Crippen LogP contribution >= 0.6 is 0 Å². The molecule has 0 saturated carbocycles. The Morgan fingerprint density at radius 3 is 2.70 bits per heavy atom. The summed E-state index contributed by atoms with van der Waals surface area (Å²) in [6.45, 7) is 3.67. The largest absolute Gasteiger partial charge is 0.453 e. The Bertz CT molecular complexity index is 886. The minimum atomic E-state index is -0.675. The molecule has 1 aromatic carbocycles. The van der Waals surface area contributed by atoms with Gasteiger partial charge in [-0.15, -0.1) is 0 Å². The van der Waals surface area contributed by atoms with E-state index >= 15 is 0 Å². The molecule has 0 fully saturated rings. The summed E-state index contributed by atoms with van der Waals surface area (Å²) in [6.07, 6.45) is 1.41. The number of hydrazone groups is 1. The summed E-state index contributed by atoms with van der Waals surface area (Å²) in [6, 6.07) is 5.13. The van der Waals surface area contributed by atoms with Crippen molar-refractivity contribution in [3.8, 4) is 5.75 Å². The number of hydrogen-bond donors (Lipinski definition) is 1. The number of halogens is 1. The van der Waals surface area contributed by atoms with Crippen LogP contribution in [0.4, 0.5) is 9.18 Å². The third kappa shape index (κ3) is 4.16. The molecule has 1 amide bonds. The second-order valence-electron chi connectivity index (χ2n) is 5.94. The third-order valence-electron chi connectivity index (χ3n) is 4.09. The lowest BCUT2D eigenvalue weighted by Crippen LogP contribution is -2.22. The van der Waals surface area contributed by atoms with Gasteiger partial charge in [-0.1, -0.05) is 0 Å². The van der Waals surface area contributed by atoms with Crippen LogP contribution in [-0.4, -0.2) is 24.4 Å². The van der Waals surface area contributed by atoms with Gasteiger partial charge in [-0.2, -0.15) is 5.10 Å². The number of hydrogen-bond acceptors (Lipinski definition) is 6. The number of ether oxygens (including phenoxy) is 2. The Hall–Kier alpha value is -3.16. The number of furan rings is 1. The van der Waals surface area contributed by atoms with Crippen molar-refractivity contribution in [2.75, 3.05) is 6.61 Å². The number of carbonyl (C=O) groups is 2. The average molecular weight is 374 g/mol. The number of esters is 1. The van der Waals surface area contributed by atoms with Crippen molar-refractivity contribution in [3.05, 3.63) is 52.7 Å². The second-order valence-corrected chi connectivity index (χ2v) is 5.94. The summed E-state index contributed by atoms with van der Waals surface area (Å²) in [4.78, 5) is 23.9. The van der Waals surface area contributed by atoms with E-state index in [-0.39, 0.29) is 18.1 Å². The van der Waals surface area contributed by atoms with Crippen LogP contribution < -0.4 is 10.2 Å². The second kappa shape index (κ2) is 8.03. The Balaban J connectivity index is 1.83. The van der Waals surface area contributed by atoms with E-state index < -0.39 is 17.9 Å². The van der Waals surface area contributed by atoms with Gasteiger partial charge in [0.25, 0.3) is 0 Å². The van der Waals surface area contributed by atoms with Gasteiger partial charge in [-0.05, 0) is 51.0 Å². The molecule has 0 atom stereocenters. The lowest BCUT2D eigenvalue weighted by Gasteiger charge is -2.13. The number of benzene rings is 1. The fourth-order valence-corrected chi connectivity index (χ4v) is 2.91. The normalized spacial score (nSPS) is 14.6. The Morgan fingerprint density at radius 2 is 2.00 bits per heavy atom. The summed E-state index contributed by atoms with van der Waals surface area (Å²) in [5.41, 5.74) is 4.24. The summed E-state index contributed by atoms with van der Waals surface area (Å²) >= 11 is 0. The molecular formula is C19H19FN2O5. The quantitative estimate of drug-likeness (QED) is 0.500. The number of aryl methyl sites for hydroxylation is 1. The van der Waals surface area contributed by atoms with Crippen molar-refractivity contribution < 1.29 is 27.9 Å². The minimum Gasteiger partial charge on any atom is -0.453 e. The molecule has 0 unspecified atom stereocenters. The first-order valence-electron chi connectivity index (χ1n) is 8.59. The summed E-state index contributed by atoms with van der Waals surface area (Å²) in [5, 5.41) is 4.11. The molecule has 0 radical (unpaired) electrons. The first-order valence-corrected chi connectivity index (χ1v) is 8.59. The number of rotatable bonds is 4.